The smallest absolute Gasteiger partial charge is 0.313 e. The van der Waals surface area contributed by atoms with E-state index in [9.17, 15) is 14.0 Å². The molecular formula is C17H20FN5O2. The fraction of sp³-hybridized carbons (Fsp3) is 0.412. The molecule has 2 aromatic rings. The topological polar surface area (TPSA) is 88.9 Å². The first-order valence-electron chi connectivity index (χ1n) is 8.40. The van der Waals surface area contributed by atoms with Crippen LogP contribution in [0.3, 0.4) is 0 Å². The van der Waals surface area contributed by atoms with Gasteiger partial charge in [0, 0.05) is 11.7 Å². The van der Waals surface area contributed by atoms with E-state index in [1.54, 1.807) is 0 Å². The van der Waals surface area contributed by atoms with Gasteiger partial charge in [0.15, 0.2) is 5.82 Å². The monoisotopic (exact) mass is 345 g/mol. The number of nitrogens with zero attached hydrogens (tertiary/aromatic N) is 3. The fourth-order valence-electron chi connectivity index (χ4n) is 2.97. The molecule has 1 saturated carbocycles. The highest BCUT2D eigenvalue weighted by atomic mass is 19.1. The number of aromatic nitrogens is 3. The molecule has 25 heavy (non-hydrogen) atoms. The van der Waals surface area contributed by atoms with Gasteiger partial charge in [0.25, 0.3) is 0 Å². The molecule has 8 heteroatoms. The maximum absolute atomic E-state index is 14.1. The van der Waals surface area contributed by atoms with Crippen molar-refractivity contribution in [1.82, 2.24) is 20.1 Å². The second-order valence-electron chi connectivity index (χ2n) is 6.12. The average Bonchev–Trinajstić information content (AvgIpc) is 3.00. The summed E-state index contributed by atoms with van der Waals surface area (Å²) in [6.07, 6.45) is 8.89. The molecule has 0 radical (unpaired) electrons. The van der Waals surface area contributed by atoms with Gasteiger partial charge in [-0.25, -0.2) is 14.1 Å². The highest BCUT2D eigenvalue weighted by molar-refractivity contribution is 6.39. The minimum Gasteiger partial charge on any atom is -0.345 e. The Morgan fingerprint density at radius 1 is 1.12 bits per heavy atom. The van der Waals surface area contributed by atoms with E-state index < -0.39 is 17.6 Å². The summed E-state index contributed by atoms with van der Waals surface area (Å²) in [4.78, 5) is 27.8. The third-order valence-electron chi connectivity index (χ3n) is 4.27. The van der Waals surface area contributed by atoms with Crippen LogP contribution < -0.4 is 10.6 Å². The summed E-state index contributed by atoms with van der Waals surface area (Å²) >= 11 is 0. The van der Waals surface area contributed by atoms with Crippen LogP contribution in [0.4, 0.5) is 10.1 Å². The van der Waals surface area contributed by atoms with Crippen molar-refractivity contribution in [1.29, 1.82) is 0 Å². The molecule has 0 saturated heterocycles. The zero-order valence-electron chi connectivity index (χ0n) is 13.7. The first kappa shape index (κ1) is 17.1. The van der Waals surface area contributed by atoms with Gasteiger partial charge in [0.05, 0.1) is 0 Å². The van der Waals surface area contributed by atoms with Crippen LogP contribution in [0.2, 0.25) is 0 Å². The van der Waals surface area contributed by atoms with Crippen molar-refractivity contribution in [3.63, 3.8) is 0 Å². The van der Waals surface area contributed by atoms with Gasteiger partial charge in [-0.3, -0.25) is 9.59 Å². The lowest BCUT2D eigenvalue weighted by Crippen LogP contribution is -2.41. The van der Waals surface area contributed by atoms with Crippen LogP contribution in [0.25, 0.3) is 5.69 Å². The highest BCUT2D eigenvalue weighted by Crippen LogP contribution is 2.18. The number of nitrogens with one attached hydrogen (secondary N) is 2. The van der Waals surface area contributed by atoms with Crippen molar-refractivity contribution in [3.05, 3.63) is 36.7 Å². The third-order valence-corrected chi connectivity index (χ3v) is 4.27. The molecule has 1 fully saturated rings. The Balaban J connectivity index is 1.60. The van der Waals surface area contributed by atoms with Gasteiger partial charge in [-0.1, -0.05) is 25.7 Å². The molecule has 1 aliphatic rings. The normalized spacial score (nSPS) is 15.4. The van der Waals surface area contributed by atoms with Crippen molar-refractivity contribution >= 4 is 17.5 Å². The average molecular weight is 345 g/mol. The summed E-state index contributed by atoms with van der Waals surface area (Å²) in [6, 6.07) is 4.15. The van der Waals surface area contributed by atoms with Gasteiger partial charge in [-0.2, -0.15) is 5.10 Å². The van der Waals surface area contributed by atoms with E-state index in [1.165, 1.54) is 29.5 Å². The predicted octanol–water partition coefficient (Wildman–Crippen LogP) is 2.18. The van der Waals surface area contributed by atoms with E-state index in [-0.39, 0.29) is 17.4 Å². The van der Waals surface area contributed by atoms with Gasteiger partial charge in [-0.05, 0) is 31.0 Å². The fourth-order valence-corrected chi connectivity index (χ4v) is 2.97. The van der Waals surface area contributed by atoms with Crippen LogP contribution in [0.15, 0.2) is 30.9 Å². The summed E-state index contributed by atoms with van der Waals surface area (Å²) in [5, 5.41) is 9.04. The number of hydrogen-bond donors (Lipinski definition) is 2. The molecule has 2 N–H and O–H groups in total. The second kappa shape index (κ2) is 7.87. The molecule has 0 bridgehead atoms. The molecule has 0 unspecified atom stereocenters. The number of carbonyl (C=O) groups excluding carboxylic acids is 2. The highest BCUT2D eigenvalue weighted by Gasteiger charge is 2.20. The summed E-state index contributed by atoms with van der Waals surface area (Å²) in [5.41, 5.74) is 0.417. The van der Waals surface area contributed by atoms with Crippen LogP contribution in [-0.4, -0.2) is 32.6 Å². The van der Waals surface area contributed by atoms with Crippen molar-refractivity contribution in [2.45, 2.75) is 44.6 Å². The van der Waals surface area contributed by atoms with Crippen LogP contribution in [0, 0.1) is 5.82 Å². The van der Waals surface area contributed by atoms with E-state index in [1.807, 2.05) is 0 Å². The molecule has 0 spiro atoms. The quantitative estimate of drug-likeness (QED) is 0.659. The molecule has 1 aromatic carbocycles. The SMILES string of the molecule is O=C(Nc1ccc(-n2cncn2)c(F)c1)C(=O)NC1CCCCCC1. The number of halogens is 1. The second-order valence-corrected chi connectivity index (χ2v) is 6.12. The van der Waals surface area contributed by atoms with E-state index in [0.717, 1.165) is 44.6 Å². The van der Waals surface area contributed by atoms with Crippen molar-refractivity contribution in [3.8, 4) is 5.69 Å². The van der Waals surface area contributed by atoms with E-state index in [4.69, 9.17) is 0 Å². The van der Waals surface area contributed by atoms with Gasteiger partial charge in [-0.15, -0.1) is 0 Å². The molecule has 0 aliphatic heterocycles. The summed E-state index contributed by atoms with van der Waals surface area (Å²) in [7, 11) is 0. The lowest BCUT2D eigenvalue weighted by Gasteiger charge is -2.15. The zero-order chi connectivity index (χ0) is 17.6. The number of rotatable bonds is 3. The third kappa shape index (κ3) is 4.40. The van der Waals surface area contributed by atoms with Gasteiger partial charge in [0.1, 0.15) is 18.3 Å². The number of amides is 2. The van der Waals surface area contributed by atoms with Crippen LogP contribution in [-0.2, 0) is 9.59 Å². The molecule has 2 amide bonds. The maximum Gasteiger partial charge on any atom is 0.313 e. The van der Waals surface area contributed by atoms with Crippen molar-refractivity contribution in [2.75, 3.05) is 5.32 Å². The zero-order valence-corrected chi connectivity index (χ0v) is 13.7. The van der Waals surface area contributed by atoms with Crippen LogP contribution in [0.1, 0.15) is 38.5 Å². The molecule has 7 nitrogen and oxygen atoms in total. The minimum atomic E-state index is -0.794. The van der Waals surface area contributed by atoms with Gasteiger partial charge >= 0.3 is 11.8 Å². The molecular weight excluding hydrogens is 325 g/mol. The summed E-state index contributed by atoms with van der Waals surface area (Å²) in [5.74, 6) is -2.06. The molecule has 1 aliphatic carbocycles. The number of anilines is 1. The Labute approximate surface area is 144 Å². The Morgan fingerprint density at radius 3 is 2.52 bits per heavy atom. The molecule has 0 atom stereocenters. The van der Waals surface area contributed by atoms with Crippen molar-refractivity contribution < 1.29 is 14.0 Å². The Morgan fingerprint density at radius 2 is 1.88 bits per heavy atom. The molecule has 1 heterocycles. The molecule has 1 aromatic heterocycles. The van der Waals surface area contributed by atoms with Gasteiger partial charge < -0.3 is 10.6 Å². The standard InChI is InChI=1S/C17H20FN5O2/c18-14-9-13(7-8-15(14)23-11-19-10-20-23)22-17(25)16(24)21-12-5-3-1-2-4-6-12/h7-12H,1-6H2,(H,21,24)(H,22,25). The maximum atomic E-state index is 14.1. The predicted molar refractivity (Wildman–Crippen MR) is 89.6 cm³/mol. The number of hydrogen-bond acceptors (Lipinski definition) is 4. The lowest BCUT2D eigenvalue weighted by molar-refractivity contribution is -0.136. The lowest BCUT2D eigenvalue weighted by atomic mass is 10.1. The van der Waals surface area contributed by atoms with Crippen molar-refractivity contribution in [2.24, 2.45) is 0 Å². The van der Waals surface area contributed by atoms with E-state index >= 15 is 0 Å². The molecule has 3 rings (SSSR count). The Bertz CT molecular complexity index is 740. The Kier molecular flexibility index (Phi) is 5.37. The number of carbonyl (C=O) groups is 2. The largest absolute Gasteiger partial charge is 0.345 e. The van der Waals surface area contributed by atoms with Crippen LogP contribution >= 0.6 is 0 Å². The van der Waals surface area contributed by atoms with Gasteiger partial charge in [0.2, 0.25) is 0 Å². The number of benzene rings is 1. The minimum absolute atomic E-state index is 0.0344. The summed E-state index contributed by atoms with van der Waals surface area (Å²) in [6.45, 7) is 0. The molecule has 132 valence electrons. The first-order valence-corrected chi connectivity index (χ1v) is 8.40. The van der Waals surface area contributed by atoms with Crippen LogP contribution in [0.5, 0.6) is 0 Å². The van der Waals surface area contributed by atoms with E-state index in [2.05, 4.69) is 20.7 Å². The Hall–Kier alpha value is -2.77. The first-order chi connectivity index (χ1) is 12.1. The van der Waals surface area contributed by atoms with E-state index in [0.29, 0.717) is 0 Å². The summed E-state index contributed by atoms with van der Waals surface area (Å²) < 4.78 is 15.4.